The normalized spacial score (nSPS) is 18.0. The zero-order valence-electron chi connectivity index (χ0n) is 9.48. The summed E-state index contributed by atoms with van der Waals surface area (Å²) in [5, 5.41) is 0. The summed E-state index contributed by atoms with van der Waals surface area (Å²) in [5.74, 6) is 0.721. The average molecular weight is 218 g/mol. The van der Waals surface area contributed by atoms with Gasteiger partial charge in [-0.2, -0.15) is 0 Å². The first-order valence-electron chi connectivity index (χ1n) is 6.04. The average Bonchev–Trinajstić information content (AvgIpc) is 2.57. The molecule has 0 unspecified atom stereocenters. The lowest BCUT2D eigenvalue weighted by atomic mass is 9.91. The van der Waals surface area contributed by atoms with Crippen LogP contribution in [0.1, 0.15) is 48.9 Å². The Labute approximate surface area is 96.1 Å². The third-order valence-electron chi connectivity index (χ3n) is 3.33. The third-order valence-corrected chi connectivity index (χ3v) is 3.33. The molecule has 86 valence electrons. The molecule has 1 aliphatic carbocycles. The van der Waals surface area contributed by atoms with Crippen LogP contribution in [0, 0.1) is 5.92 Å². The Morgan fingerprint density at radius 2 is 1.94 bits per heavy atom. The van der Waals surface area contributed by atoms with Gasteiger partial charge in [0, 0.05) is 12.1 Å². The lowest BCUT2D eigenvalue weighted by Gasteiger charge is -2.13. The quantitative estimate of drug-likeness (QED) is 0.613. The molecule has 0 radical (unpaired) electrons. The minimum absolute atomic E-state index is 0.161. The van der Waals surface area contributed by atoms with E-state index < -0.39 is 0 Å². The Kier molecular flexibility index (Phi) is 3.54. The SMILES string of the molecule is Nc1ncccc1C(=O)C1CCCCCC1. The zero-order chi connectivity index (χ0) is 11.4. The third kappa shape index (κ3) is 2.40. The van der Waals surface area contributed by atoms with Crippen LogP contribution in [-0.2, 0) is 0 Å². The van der Waals surface area contributed by atoms with E-state index in [-0.39, 0.29) is 11.7 Å². The number of aromatic nitrogens is 1. The highest BCUT2D eigenvalue weighted by atomic mass is 16.1. The van der Waals surface area contributed by atoms with Crippen LogP contribution in [0.3, 0.4) is 0 Å². The van der Waals surface area contributed by atoms with Crippen LogP contribution >= 0.6 is 0 Å². The fourth-order valence-corrected chi connectivity index (χ4v) is 2.39. The maximum absolute atomic E-state index is 12.3. The van der Waals surface area contributed by atoms with E-state index in [0.717, 1.165) is 25.7 Å². The van der Waals surface area contributed by atoms with Crippen LogP contribution in [0.15, 0.2) is 18.3 Å². The summed E-state index contributed by atoms with van der Waals surface area (Å²) in [5.41, 5.74) is 6.34. The Balaban J connectivity index is 2.14. The van der Waals surface area contributed by atoms with Gasteiger partial charge in [-0.05, 0) is 25.0 Å². The van der Waals surface area contributed by atoms with Gasteiger partial charge < -0.3 is 5.73 Å². The molecule has 0 amide bonds. The molecule has 2 rings (SSSR count). The van der Waals surface area contributed by atoms with Crippen molar-refractivity contribution in [3.05, 3.63) is 23.9 Å². The maximum atomic E-state index is 12.3. The van der Waals surface area contributed by atoms with Crippen LogP contribution < -0.4 is 5.73 Å². The van der Waals surface area contributed by atoms with Crippen molar-refractivity contribution in [3.63, 3.8) is 0 Å². The van der Waals surface area contributed by atoms with Crippen LogP contribution in [0.5, 0.6) is 0 Å². The van der Waals surface area contributed by atoms with E-state index in [1.54, 1.807) is 18.3 Å². The van der Waals surface area contributed by atoms with E-state index in [2.05, 4.69) is 4.98 Å². The number of carbonyl (C=O) groups excluding carboxylic acids is 1. The number of nitrogens with two attached hydrogens (primary N) is 1. The molecule has 0 bridgehead atoms. The molecule has 1 aliphatic rings. The molecule has 0 aliphatic heterocycles. The van der Waals surface area contributed by atoms with Gasteiger partial charge >= 0.3 is 0 Å². The Hall–Kier alpha value is -1.38. The van der Waals surface area contributed by atoms with Crippen molar-refractivity contribution in [2.45, 2.75) is 38.5 Å². The number of hydrogen-bond donors (Lipinski definition) is 1. The second-order valence-corrected chi connectivity index (χ2v) is 4.49. The minimum Gasteiger partial charge on any atom is -0.383 e. The molecule has 0 saturated heterocycles. The largest absolute Gasteiger partial charge is 0.383 e. The number of Topliss-reactive ketones (excluding diaryl/α,β-unsaturated/α-hetero) is 1. The molecule has 3 nitrogen and oxygen atoms in total. The highest BCUT2D eigenvalue weighted by molar-refractivity contribution is 6.01. The number of anilines is 1. The summed E-state index contributed by atoms with van der Waals surface area (Å²) in [6, 6.07) is 3.57. The van der Waals surface area contributed by atoms with E-state index in [4.69, 9.17) is 5.73 Å². The number of rotatable bonds is 2. The van der Waals surface area contributed by atoms with Gasteiger partial charge in [0.1, 0.15) is 5.82 Å². The monoisotopic (exact) mass is 218 g/mol. The predicted molar refractivity (Wildman–Crippen MR) is 64.2 cm³/mol. The molecule has 3 heteroatoms. The van der Waals surface area contributed by atoms with Crippen molar-refractivity contribution in [1.29, 1.82) is 0 Å². The van der Waals surface area contributed by atoms with Crippen molar-refractivity contribution >= 4 is 11.6 Å². The Bertz CT molecular complexity index is 368. The van der Waals surface area contributed by atoms with E-state index in [0.29, 0.717) is 11.4 Å². The number of nitrogen functional groups attached to an aromatic ring is 1. The second-order valence-electron chi connectivity index (χ2n) is 4.49. The molecule has 0 atom stereocenters. The van der Waals surface area contributed by atoms with Gasteiger partial charge in [0.25, 0.3) is 0 Å². The highest BCUT2D eigenvalue weighted by Crippen LogP contribution is 2.27. The molecule has 1 heterocycles. The summed E-state index contributed by atoms with van der Waals surface area (Å²) in [6.07, 6.45) is 8.48. The number of hydrogen-bond acceptors (Lipinski definition) is 3. The van der Waals surface area contributed by atoms with Crippen molar-refractivity contribution in [2.24, 2.45) is 5.92 Å². The van der Waals surface area contributed by atoms with Crippen molar-refractivity contribution in [1.82, 2.24) is 4.98 Å². The fourth-order valence-electron chi connectivity index (χ4n) is 2.39. The van der Waals surface area contributed by atoms with Crippen molar-refractivity contribution in [3.8, 4) is 0 Å². The molecular weight excluding hydrogens is 200 g/mol. The fraction of sp³-hybridized carbons (Fsp3) is 0.538. The first-order valence-corrected chi connectivity index (χ1v) is 6.04. The molecule has 1 aromatic heterocycles. The van der Waals surface area contributed by atoms with E-state index in [1.165, 1.54) is 12.8 Å². The topological polar surface area (TPSA) is 56.0 Å². The van der Waals surface area contributed by atoms with Gasteiger partial charge in [-0.3, -0.25) is 4.79 Å². The lowest BCUT2D eigenvalue weighted by molar-refractivity contribution is 0.0908. The Morgan fingerprint density at radius 3 is 2.56 bits per heavy atom. The molecule has 1 aromatic rings. The van der Waals surface area contributed by atoms with Gasteiger partial charge in [-0.25, -0.2) is 4.98 Å². The molecule has 2 N–H and O–H groups in total. The van der Waals surface area contributed by atoms with Crippen molar-refractivity contribution < 1.29 is 4.79 Å². The van der Waals surface area contributed by atoms with E-state index in [9.17, 15) is 4.79 Å². The summed E-state index contributed by atoms with van der Waals surface area (Å²) in [6.45, 7) is 0. The van der Waals surface area contributed by atoms with Gasteiger partial charge in [-0.15, -0.1) is 0 Å². The lowest BCUT2D eigenvalue weighted by Crippen LogP contribution is -2.16. The van der Waals surface area contributed by atoms with Gasteiger partial charge in [0.05, 0.1) is 5.56 Å². The van der Waals surface area contributed by atoms with Crippen LogP contribution in [0.25, 0.3) is 0 Å². The second kappa shape index (κ2) is 5.10. The molecular formula is C13H18N2O. The van der Waals surface area contributed by atoms with Crippen LogP contribution in [0.4, 0.5) is 5.82 Å². The predicted octanol–water partition coefficient (Wildman–Crippen LogP) is 2.82. The molecule has 0 spiro atoms. The molecule has 1 saturated carbocycles. The van der Waals surface area contributed by atoms with Gasteiger partial charge in [-0.1, -0.05) is 25.7 Å². The highest BCUT2D eigenvalue weighted by Gasteiger charge is 2.22. The molecule has 16 heavy (non-hydrogen) atoms. The van der Waals surface area contributed by atoms with Crippen LogP contribution in [-0.4, -0.2) is 10.8 Å². The summed E-state index contributed by atoms with van der Waals surface area (Å²) >= 11 is 0. The maximum Gasteiger partial charge on any atom is 0.169 e. The van der Waals surface area contributed by atoms with Gasteiger partial charge in [0.2, 0.25) is 0 Å². The van der Waals surface area contributed by atoms with Crippen molar-refractivity contribution in [2.75, 3.05) is 5.73 Å². The van der Waals surface area contributed by atoms with E-state index in [1.807, 2.05) is 0 Å². The van der Waals surface area contributed by atoms with Gasteiger partial charge in [0.15, 0.2) is 5.78 Å². The number of pyridine rings is 1. The first-order chi connectivity index (χ1) is 7.79. The van der Waals surface area contributed by atoms with E-state index >= 15 is 0 Å². The number of carbonyl (C=O) groups is 1. The summed E-state index contributed by atoms with van der Waals surface area (Å²) in [4.78, 5) is 16.2. The summed E-state index contributed by atoms with van der Waals surface area (Å²) in [7, 11) is 0. The standard InChI is InChI=1S/C13H18N2O/c14-13-11(8-5-9-15-13)12(16)10-6-3-1-2-4-7-10/h5,8-10H,1-4,6-7H2,(H2,14,15). The number of ketones is 1. The van der Waals surface area contributed by atoms with Crippen LogP contribution in [0.2, 0.25) is 0 Å². The summed E-state index contributed by atoms with van der Waals surface area (Å²) < 4.78 is 0. The smallest absolute Gasteiger partial charge is 0.169 e. The molecule has 0 aromatic carbocycles. The first kappa shape index (κ1) is 11.1. The zero-order valence-corrected chi connectivity index (χ0v) is 9.48. The minimum atomic E-state index is 0.161. The Morgan fingerprint density at radius 1 is 1.25 bits per heavy atom. The number of nitrogens with zero attached hydrogens (tertiary/aromatic N) is 1. The molecule has 1 fully saturated rings.